The fraction of sp³-hybridized carbons (Fsp3) is 0.462. The number of amides is 1. The molecule has 1 saturated heterocycles. The molecule has 1 aromatic carbocycles. The predicted octanol–water partition coefficient (Wildman–Crippen LogP) is 4.59. The van der Waals surface area contributed by atoms with Crippen molar-refractivity contribution in [1.29, 1.82) is 0 Å². The number of halogens is 5. The lowest BCUT2D eigenvalue weighted by molar-refractivity contribution is -0.137. The van der Waals surface area contributed by atoms with Crippen LogP contribution in [-0.4, -0.2) is 12.7 Å². The van der Waals surface area contributed by atoms with Gasteiger partial charge in [-0.1, -0.05) is 25.4 Å². The summed E-state index contributed by atoms with van der Waals surface area (Å²) in [5.41, 5.74) is -1.13. The van der Waals surface area contributed by atoms with Crippen LogP contribution >= 0.6 is 24.0 Å². The number of rotatable bonds is 1. The molecule has 0 bridgehead atoms. The van der Waals surface area contributed by atoms with Gasteiger partial charge in [-0.2, -0.15) is 13.2 Å². The minimum absolute atomic E-state index is 0. The highest BCUT2D eigenvalue weighted by atomic mass is 35.5. The van der Waals surface area contributed by atoms with Crippen LogP contribution in [0.4, 0.5) is 18.0 Å². The van der Waals surface area contributed by atoms with Gasteiger partial charge >= 0.3 is 12.3 Å². The summed E-state index contributed by atoms with van der Waals surface area (Å²) in [6.45, 7) is 3.68. The molecule has 1 N–H and O–H groups in total. The summed E-state index contributed by atoms with van der Waals surface area (Å²) in [6.07, 6.45) is -5.12. The van der Waals surface area contributed by atoms with E-state index in [0.29, 0.717) is 0 Å². The number of hydrogen-bond donors (Lipinski definition) is 1. The first-order valence-electron chi connectivity index (χ1n) is 5.91. The molecule has 118 valence electrons. The first-order valence-corrected chi connectivity index (χ1v) is 6.29. The summed E-state index contributed by atoms with van der Waals surface area (Å²) in [5, 5.41) is 2.71. The van der Waals surface area contributed by atoms with Crippen molar-refractivity contribution in [3.8, 4) is 0 Å². The second-order valence-electron chi connectivity index (χ2n) is 5.38. The Kier molecular flexibility index (Phi) is 5.05. The van der Waals surface area contributed by atoms with Gasteiger partial charge in [0.2, 0.25) is 0 Å². The van der Waals surface area contributed by atoms with Crippen LogP contribution in [0.1, 0.15) is 31.0 Å². The first-order chi connectivity index (χ1) is 9.11. The van der Waals surface area contributed by atoms with Gasteiger partial charge in [-0.3, -0.25) is 0 Å². The standard InChI is InChI=1S/C13H13ClF3NO2.ClH/c1-12(2)6-20-11(19)18-10(12)8-5-7(13(15,16)17)3-4-9(8)14;/h3-5,10H,6H2,1-2H3,(H,18,19);1H/t10-;/m1./s1. The van der Waals surface area contributed by atoms with Crippen LogP contribution in [0.25, 0.3) is 0 Å². The molecule has 21 heavy (non-hydrogen) atoms. The number of carbonyl (C=O) groups is 1. The van der Waals surface area contributed by atoms with Crippen molar-refractivity contribution < 1.29 is 22.7 Å². The fourth-order valence-corrected chi connectivity index (χ4v) is 2.36. The summed E-state index contributed by atoms with van der Waals surface area (Å²) < 4.78 is 43.2. The maximum atomic E-state index is 12.8. The molecule has 1 aromatic rings. The number of cyclic esters (lactones) is 1. The van der Waals surface area contributed by atoms with Gasteiger partial charge in [-0.05, 0) is 23.8 Å². The van der Waals surface area contributed by atoms with E-state index in [1.807, 2.05) is 0 Å². The summed E-state index contributed by atoms with van der Waals surface area (Å²) in [5.74, 6) is 0. The van der Waals surface area contributed by atoms with Crippen LogP contribution < -0.4 is 5.32 Å². The number of benzene rings is 1. The number of carbonyl (C=O) groups excluding carboxylic acids is 1. The van der Waals surface area contributed by atoms with E-state index < -0.39 is 29.3 Å². The molecule has 1 atom stereocenters. The minimum Gasteiger partial charge on any atom is -0.449 e. The third kappa shape index (κ3) is 3.74. The van der Waals surface area contributed by atoms with Gasteiger partial charge < -0.3 is 10.1 Å². The lowest BCUT2D eigenvalue weighted by Crippen LogP contribution is -2.47. The molecule has 0 radical (unpaired) electrons. The van der Waals surface area contributed by atoms with Crippen molar-refractivity contribution in [1.82, 2.24) is 5.32 Å². The monoisotopic (exact) mass is 343 g/mol. The van der Waals surface area contributed by atoms with Crippen LogP contribution in [0.15, 0.2) is 18.2 Å². The number of alkyl carbamates (subject to hydrolysis) is 1. The zero-order valence-electron chi connectivity index (χ0n) is 11.3. The number of hydrogen-bond acceptors (Lipinski definition) is 2. The van der Waals surface area contributed by atoms with E-state index in [0.717, 1.165) is 12.1 Å². The molecule has 8 heteroatoms. The summed E-state index contributed by atoms with van der Waals surface area (Å²) in [7, 11) is 0. The van der Waals surface area contributed by atoms with E-state index in [1.54, 1.807) is 13.8 Å². The smallest absolute Gasteiger partial charge is 0.416 e. The van der Waals surface area contributed by atoms with E-state index in [9.17, 15) is 18.0 Å². The Morgan fingerprint density at radius 1 is 1.38 bits per heavy atom. The maximum Gasteiger partial charge on any atom is 0.416 e. The highest BCUT2D eigenvalue weighted by Gasteiger charge is 2.40. The zero-order chi connectivity index (χ0) is 15.1. The van der Waals surface area contributed by atoms with Crippen molar-refractivity contribution in [2.75, 3.05) is 6.61 Å². The minimum atomic E-state index is -4.46. The second-order valence-corrected chi connectivity index (χ2v) is 5.78. The summed E-state index contributed by atoms with van der Waals surface area (Å²) in [6, 6.07) is 2.44. The number of nitrogens with one attached hydrogen (secondary N) is 1. The Morgan fingerprint density at radius 2 is 2.00 bits per heavy atom. The molecule has 1 fully saturated rings. The van der Waals surface area contributed by atoms with Crippen LogP contribution in [0, 0.1) is 5.41 Å². The van der Waals surface area contributed by atoms with E-state index in [-0.39, 0.29) is 29.6 Å². The molecule has 0 spiro atoms. The summed E-state index contributed by atoms with van der Waals surface area (Å²) in [4.78, 5) is 11.3. The normalized spacial score (nSPS) is 21.0. The largest absolute Gasteiger partial charge is 0.449 e. The molecule has 0 unspecified atom stereocenters. The molecule has 0 saturated carbocycles. The first kappa shape index (κ1) is 17.9. The molecule has 0 aromatic heterocycles. The molecule has 1 amide bonds. The Morgan fingerprint density at radius 3 is 2.57 bits per heavy atom. The van der Waals surface area contributed by atoms with Crippen molar-refractivity contribution in [3.05, 3.63) is 34.3 Å². The van der Waals surface area contributed by atoms with Gasteiger partial charge in [0.15, 0.2) is 0 Å². The molecular weight excluding hydrogens is 330 g/mol. The van der Waals surface area contributed by atoms with Gasteiger partial charge in [0.05, 0.1) is 11.6 Å². The van der Waals surface area contributed by atoms with E-state index in [4.69, 9.17) is 16.3 Å². The van der Waals surface area contributed by atoms with Gasteiger partial charge in [-0.15, -0.1) is 12.4 Å². The number of alkyl halides is 3. The van der Waals surface area contributed by atoms with Crippen molar-refractivity contribution in [2.24, 2.45) is 5.41 Å². The molecular formula is C13H14Cl2F3NO2. The third-order valence-electron chi connectivity index (χ3n) is 3.25. The van der Waals surface area contributed by atoms with E-state index in [1.165, 1.54) is 6.07 Å². The lowest BCUT2D eigenvalue weighted by atomic mass is 9.80. The Hall–Kier alpha value is -1.14. The predicted molar refractivity (Wildman–Crippen MR) is 74.7 cm³/mol. The van der Waals surface area contributed by atoms with Crippen LogP contribution in [0.2, 0.25) is 5.02 Å². The van der Waals surface area contributed by atoms with Gasteiger partial charge in [0.1, 0.15) is 6.61 Å². The van der Waals surface area contributed by atoms with Crippen LogP contribution in [0.5, 0.6) is 0 Å². The maximum absolute atomic E-state index is 12.8. The quantitative estimate of drug-likeness (QED) is 0.809. The average Bonchev–Trinajstić information content (AvgIpc) is 2.32. The average molecular weight is 344 g/mol. The molecule has 1 aliphatic heterocycles. The molecule has 0 aliphatic carbocycles. The van der Waals surface area contributed by atoms with Crippen molar-refractivity contribution in [2.45, 2.75) is 26.1 Å². The van der Waals surface area contributed by atoms with Crippen molar-refractivity contribution >= 4 is 30.1 Å². The van der Waals surface area contributed by atoms with Gasteiger partial charge in [-0.25, -0.2) is 4.79 Å². The second kappa shape index (κ2) is 5.93. The third-order valence-corrected chi connectivity index (χ3v) is 3.60. The molecule has 3 nitrogen and oxygen atoms in total. The highest BCUT2D eigenvalue weighted by Crippen LogP contribution is 2.41. The topological polar surface area (TPSA) is 38.3 Å². The zero-order valence-corrected chi connectivity index (χ0v) is 12.8. The Bertz CT molecular complexity index is 547. The van der Waals surface area contributed by atoms with Gasteiger partial charge in [0, 0.05) is 10.4 Å². The summed E-state index contributed by atoms with van der Waals surface area (Å²) >= 11 is 6.00. The van der Waals surface area contributed by atoms with E-state index >= 15 is 0 Å². The van der Waals surface area contributed by atoms with Crippen LogP contribution in [-0.2, 0) is 10.9 Å². The highest BCUT2D eigenvalue weighted by molar-refractivity contribution is 6.31. The lowest BCUT2D eigenvalue weighted by Gasteiger charge is -2.39. The Labute approximate surface area is 131 Å². The van der Waals surface area contributed by atoms with Gasteiger partial charge in [0.25, 0.3) is 0 Å². The molecule has 1 heterocycles. The SMILES string of the molecule is CC1(C)COC(=O)N[C@@H]1c1cc(C(F)(F)F)ccc1Cl.Cl. The molecule has 2 rings (SSSR count). The van der Waals surface area contributed by atoms with E-state index in [2.05, 4.69) is 5.32 Å². The number of ether oxygens (including phenoxy) is 1. The molecule has 1 aliphatic rings. The Balaban J connectivity index is 0.00000220. The van der Waals surface area contributed by atoms with Crippen molar-refractivity contribution in [3.63, 3.8) is 0 Å². The van der Waals surface area contributed by atoms with Crippen LogP contribution in [0.3, 0.4) is 0 Å². The fourth-order valence-electron chi connectivity index (χ4n) is 2.13.